The zero-order chi connectivity index (χ0) is 22.7. The summed E-state index contributed by atoms with van der Waals surface area (Å²) < 4.78 is 7.20. The van der Waals surface area contributed by atoms with Crippen molar-refractivity contribution in [1.82, 2.24) is 15.1 Å². The molecule has 166 valence electrons. The van der Waals surface area contributed by atoms with Crippen LogP contribution in [-0.4, -0.2) is 34.7 Å². The van der Waals surface area contributed by atoms with Crippen LogP contribution in [0, 0.1) is 13.8 Å². The van der Waals surface area contributed by atoms with Gasteiger partial charge in [-0.2, -0.15) is 5.10 Å². The number of benzene rings is 2. The molecule has 1 aliphatic carbocycles. The van der Waals surface area contributed by atoms with E-state index in [0.717, 1.165) is 41.2 Å². The Hall–Kier alpha value is -3.61. The summed E-state index contributed by atoms with van der Waals surface area (Å²) in [5.74, 6) is 0.571. The van der Waals surface area contributed by atoms with Gasteiger partial charge in [-0.05, 0) is 69.0 Å². The molecule has 2 aromatic carbocycles. The zero-order valence-corrected chi connectivity index (χ0v) is 18.6. The number of rotatable bonds is 8. The molecule has 3 aromatic rings. The van der Waals surface area contributed by atoms with Gasteiger partial charge in [0.15, 0.2) is 0 Å². The van der Waals surface area contributed by atoms with E-state index in [4.69, 9.17) is 4.74 Å². The van der Waals surface area contributed by atoms with Crippen molar-refractivity contribution in [2.24, 2.45) is 0 Å². The number of ether oxygens (including phenoxy) is 1. The lowest BCUT2D eigenvalue weighted by Crippen LogP contribution is -2.25. The van der Waals surface area contributed by atoms with Crippen LogP contribution in [0.2, 0.25) is 0 Å². The van der Waals surface area contributed by atoms with Crippen molar-refractivity contribution >= 4 is 17.5 Å². The van der Waals surface area contributed by atoms with E-state index in [9.17, 15) is 9.59 Å². The summed E-state index contributed by atoms with van der Waals surface area (Å²) in [7, 11) is 1.64. The zero-order valence-electron chi connectivity index (χ0n) is 18.6. The number of nitrogens with one attached hydrogen (secondary N) is 2. The molecule has 0 aliphatic heterocycles. The summed E-state index contributed by atoms with van der Waals surface area (Å²) in [5.41, 5.74) is 5.06. The molecule has 4 rings (SSSR count). The number of anilines is 1. The van der Waals surface area contributed by atoms with Gasteiger partial charge in [0.2, 0.25) is 5.91 Å². The van der Waals surface area contributed by atoms with Crippen LogP contribution in [0.5, 0.6) is 5.75 Å². The molecule has 1 saturated carbocycles. The number of hydrogen-bond acceptors (Lipinski definition) is 4. The molecule has 0 unspecified atom stereocenters. The maximum atomic E-state index is 12.6. The number of methoxy groups -OCH3 is 1. The standard InChI is InChI=1S/C25H28N4O3/c1-16-23(17(2)29(28-16)21-8-5-9-22(15-21)32-3)12-13-24(30)26-20-7-4-6-18(14-20)25(31)27-19-10-11-19/h4-9,14-15,19H,10-13H2,1-3H3,(H,26,30)(H,27,31). The van der Waals surface area contributed by atoms with E-state index in [-0.39, 0.29) is 11.8 Å². The molecule has 7 heteroatoms. The normalized spacial score (nSPS) is 13.0. The van der Waals surface area contributed by atoms with Crippen molar-refractivity contribution in [2.75, 3.05) is 12.4 Å². The quantitative estimate of drug-likeness (QED) is 0.564. The highest BCUT2D eigenvalue weighted by Crippen LogP contribution is 2.23. The van der Waals surface area contributed by atoms with Crippen LogP contribution < -0.4 is 15.4 Å². The first-order valence-electron chi connectivity index (χ1n) is 10.8. The van der Waals surface area contributed by atoms with Crippen LogP contribution in [0.25, 0.3) is 5.69 Å². The molecular formula is C25H28N4O3. The van der Waals surface area contributed by atoms with Crippen LogP contribution in [0.1, 0.15) is 46.6 Å². The smallest absolute Gasteiger partial charge is 0.251 e. The van der Waals surface area contributed by atoms with E-state index in [1.54, 1.807) is 31.4 Å². The van der Waals surface area contributed by atoms with Gasteiger partial charge in [-0.15, -0.1) is 0 Å². The first-order chi connectivity index (χ1) is 15.4. The van der Waals surface area contributed by atoms with Crippen molar-refractivity contribution in [2.45, 2.75) is 45.6 Å². The monoisotopic (exact) mass is 432 g/mol. The first kappa shape index (κ1) is 21.6. The second-order valence-corrected chi connectivity index (χ2v) is 8.14. The van der Waals surface area contributed by atoms with Crippen LogP contribution in [0.15, 0.2) is 48.5 Å². The van der Waals surface area contributed by atoms with Gasteiger partial charge < -0.3 is 15.4 Å². The lowest BCUT2D eigenvalue weighted by molar-refractivity contribution is -0.116. The third-order valence-corrected chi connectivity index (χ3v) is 5.66. The van der Waals surface area contributed by atoms with Gasteiger partial charge in [0.05, 0.1) is 18.5 Å². The topological polar surface area (TPSA) is 85.2 Å². The highest BCUT2D eigenvalue weighted by molar-refractivity contribution is 5.97. The van der Waals surface area contributed by atoms with Gasteiger partial charge in [-0.25, -0.2) is 4.68 Å². The van der Waals surface area contributed by atoms with Gasteiger partial charge in [0.1, 0.15) is 5.75 Å². The van der Waals surface area contributed by atoms with Crippen LogP contribution in [0.3, 0.4) is 0 Å². The maximum absolute atomic E-state index is 12.6. The Morgan fingerprint density at radius 1 is 1.12 bits per heavy atom. The van der Waals surface area contributed by atoms with Crippen molar-refractivity contribution in [3.05, 3.63) is 71.0 Å². The molecule has 0 saturated heterocycles. The van der Waals surface area contributed by atoms with Gasteiger partial charge in [0, 0.05) is 35.5 Å². The summed E-state index contributed by atoms with van der Waals surface area (Å²) in [6.45, 7) is 3.97. The van der Waals surface area contributed by atoms with Crippen LogP contribution in [0.4, 0.5) is 5.69 Å². The average Bonchev–Trinajstić information content (AvgIpc) is 3.56. The van der Waals surface area contributed by atoms with Crippen molar-refractivity contribution in [3.63, 3.8) is 0 Å². The van der Waals surface area contributed by atoms with Crippen LogP contribution >= 0.6 is 0 Å². The van der Waals surface area contributed by atoms with Crippen molar-refractivity contribution in [3.8, 4) is 11.4 Å². The fourth-order valence-electron chi connectivity index (χ4n) is 3.73. The molecule has 0 radical (unpaired) electrons. The fourth-order valence-corrected chi connectivity index (χ4v) is 3.73. The number of carbonyl (C=O) groups is 2. The van der Waals surface area contributed by atoms with Crippen molar-refractivity contribution in [1.29, 1.82) is 0 Å². The highest BCUT2D eigenvalue weighted by Gasteiger charge is 2.24. The van der Waals surface area contributed by atoms with Crippen LogP contribution in [-0.2, 0) is 11.2 Å². The summed E-state index contributed by atoms with van der Waals surface area (Å²) in [6.07, 6.45) is 2.98. The first-order valence-corrected chi connectivity index (χ1v) is 10.8. The Morgan fingerprint density at radius 2 is 1.91 bits per heavy atom. The SMILES string of the molecule is COc1cccc(-n2nc(C)c(CCC(=O)Nc3cccc(C(=O)NC4CC4)c3)c2C)c1. The Morgan fingerprint density at radius 3 is 2.66 bits per heavy atom. The molecule has 1 fully saturated rings. The van der Waals surface area contributed by atoms with Gasteiger partial charge in [0.25, 0.3) is 5.91 Å². The predicted molar refractivity (Wildman–Crippen MR) is 123 cm³/mol. The highest BCUT2D eigenvalue weighted by atomic mass is 16.5. The molecule has 1 aliphatic rings. The number of aromatic nitrogens is 2. The molecule has 0 bridgehead atoms. The largest absolute Gasteiger partial charge is 0.497 e. The third kappa shape index (κ3) is 4.99. The molecule has 2 amide bonds. The Balaban J connectivity index is 1.40. The number of carbonyl (C=O) groups excluding carboxylic acids is 2. The molecule has 7 nitrogen and oxygen atoms in total. The number of nitrogens with zero attached hydrogens (tertiary/aromatic N) is 2. The summed E-state index contributed by atoms with van der Waals surface area (Å²) >= 11 is 0. The van der Waals surface area contributed by atoms with E-state index < -0.39 is 0 Å². The second kappa shape index (κ2) is 9.26. The minimum absolute atomic E-state index is 0.0974. The molecule has 1 aromatic heterocycles. The predicted octanol–water partition coefficient (Wildman–Crippen LogP) is 3.96. The van der Waals surface area contributed by atoms with E-state index in [1.807, 2.05) is 42.8 Å². The minimum atomic E-state index is -0.0994. The molecule has 1 heterocycles. The van der Waals surface area contributed by atoms with E-state index in [2.05, 4.69) is 15.7 Å². The summed E-state index contributed by atoms with van der Waals surface area (Å²) in [6, 6.07) is 15.1. The Labute approximate surface area is 187 Å². The number of hydrogen-bond donors (Lipinski definition) is 2. The lowest BCUT2D eigenvalue weighted by Gasteiger charge is -2.09. The third-order valence-electron chi connectivity index (χ3n) is 5.66. The van der Waals surface area contributed by atoms with E-state index in [1.165, 1.54) is 0 Å². The van der Waals surface area contributed by atoms with Gasteiger partial charge >= 0.3 is 0 Å². The molecule has 0 spiro atoms. The van der Waals surface area contributed by atoms with Crippen molar-refractivity contribution < 1.29 is 14.3 Å². The molecule has 32 heavy (non-hydrogen) atoms. The van der Waals surface area contributed by atoms with E-state index >= 15 is 0 Å². The van der Waals surface area contributed by atoms with Gasteiger partial charge in [-0.3, -0.25) is 9.59 Å². The average molecular weight is 433 g/mol. The molecule has 0 atom stereocenters. The second-order valence-electron chi connectivity index (χ2n) is 8.14. The molecular weight excluding hydrogens is 404 g/mol. The summed E-state index contributed by atoms with van der Waals surface area (Å²) in [4.78, 5) is 24.8. The molecule has 2 N–H and O–H groups in total. The fraction of sp³-hybridized carbons (Fsp3) is 0.320. The minimum Gasteiger partial charge on any atom is -0.497 e. The van der Waals surface area contributed by atoms with E-state index in [0.29, 0.717) is 30.1 Å². The maximum Gasteiger partial charge on any atom is 0.251 e. The lowest BCUT2D eigenvalue weighted by atomic mass is 10.1. The Kier molecular flexibility index (Phi) is 6.25. The number of aryl methyl sites for hydroxylation is 1. The Bertz CT molecular complexity index is 1150. The number of amides is 2. The summed E-state index contributed by atoms with van der Waals surface area (Å²) in [5, 5.41) is 10.5. The van der Waals surface area contributed by atoms with Gasteiger partial charge in [-0.1, -0.05) is 12.1 Å².